The minimum atomic E-state index is -3.69. The molecular weight excluding hydrogens is 488 g/mol. The van der Waals surface area contributed by atoms with Crippen molar-refractivity contribution in [2.45, 2.75) is 49.8 Å². The second-order valence-corrected chi connectivity index (χ2v) is 10.8. The average molecular weight is 518 g/mol. The molecule has 0 saturated carbocycles. The van der Waals surface area contributed by atoms with Gasteiger partial charge in [0.1, 0.15) is 0 Å². The zero-order chi connectivity index (χ0) is 25.9. The zero-order valence-corrected chi connectivity index (χ0v) is 20.8. The second-order valence-electron chi connectivity index (χ2n) is 9.04. The Bertz CT molecular complexity index is 1420. The van der Waals surface area contributed by atoms with Crippen LogP contribution in [0.15, 0.2) is 58.2 Å². The van der Waals surface area contributed by atoms with E-state index >= 15 is 0 Å². The van der Waals surface area contributed by atoms with Crippen molar-refractivity contribution in [2.75, 3.05) is 19.6 Å². The number of rotatable bonds is 10. The molecule has 1 aliphatic heterocycles. The maximum atomic E-state index is 14.5. The lowest BCUT2D eigenvalue weighted by Gasteiger charge is -2.17. The molecule has 2 N–H and O–H groups in total. The molecule has 3 aromatic rings. The van der Waals surface area contributed by atoms with Crippen LogP contribution in [0.3, 0.4) is 0 Å². The lowest BCUT2D eigenvalue weighted by Crippen LogP contribution is -2.30. The van der Waals surface area contributed by atoms with Crippen LogP contribution in [-0.4, -0.2) is 43.8 Å². The molecule has 1 amide bonds. The number of amides is 1. The summed E-state index contributed by atoms with van der Waals surface area (Å²) < 4.78 is 56.7. The molecule has 1 aliphatic rings. The van der Waals surface area contributed by atoms with Crippen molar-refractivity contribution in [3.05, 3.63) is 75.6 Å². The van der Waals surface area contributed by atoms with E-state index in [9.17, 15) is 26.8 Å². The number of pyridine rings is 1. The van der Waals surface area contributed by atoms with Crippen molar-refractivity contribution >= 4 is 26.8 Å². The Morgan fingerprint density at radius 2 is 1.78 bits per heavy atom. The average Bonchev–Trinajstić information content (AvgIpc) is 3.26. The van der Waals surface area contributed by atoms with Crippen LogP contribution in [0.1, 0.15) is 49.3 Å². The Hall–Kier alpha value is -3.11. The molecule has 7 nitrogen and oxygen atoms in total. The van der Waals surface area contributed by atoms with Crippen molar-refractivity contribution in [3.8, 4) is 0 Å². The highest BCUT2D eigenvalue weighted by Gasteiger charge is 2.31. The predicted molar refractivity (Wildman–Crippen MR) is 134 cm³/mol. The number of hydrogen-bond acceptors (Lipinski definition) is 4. The first kappa shape index (κ1) is 26.0. The number of sulfonamides is 1. The molecule has 0 aliphatic carbocycles. The van der Waals surface area contributed by atoms with Gasteiger partial charge in [-0.05, 0) is 54.7 Å². The van der Waals surface area contributed by atoms with Gasteiger partial charge in [-0.25, -0.2) is 21.9 Å². The maximum absolute atomic E-state index is 14.5. The highest BCUT2D eigenvalue weighted by atomic mass is 32.2. The fourth-order valence-electron chi connectivity index (χ4n) is 4.43. The fourth-order valence-corrected chi connectivity index (χ4v) is 5.50. The number of nitrogens with one attached hydrogen (secondary N) is 2. The number of halogens is 2. The molecule has 0 atom stereocenters. The third-order valence-corrected chi connectivity index (χ3v) is 7.93. The number of aromatic nitrogens is 1. The predicted octanol–water partition coefficient (Wildman–Crippen LogP) is 3.91. The summed E-state index contributed by atoms with van der Waals surface area (Å²) in [6.45, 7) is 2.87. The monoisotopic (exact) mass is 517 g/mol. The molecule has 4 rings (SSSR count). The third-order valence-electron chi connectivity index (χ3n) is 6.46. The zero-order valence-electron chi connectivity index (χ0n) is 20.0. The van der Waals surface area contributed by atoms with E-state index in [0.717, 1.165) is 30.2 Å². The Kier molecular flexibility index (Phi) is 7.56. The molecule has 1 saturated heterocycles. The second kappa shape index (κ2) is 10.5. The number of nitrogens with zero attached hydrogens (tertiary/aromatic N) is 1. The highest BCUT2D eigenvalue weighted by molar-refractivity contribution is 7.89. The van der Waals surface area contributed by atoms with E-state index in [4.69, 9.17) is 0 Å². The van der Waals surface area contributed by atoms with E-state index in [-0.39, 0.29) is 28.3 Å². The van der Waals surface area contributed by atoms with E-state index in [1.165, 1.54) is 19.1 Å². The van der Waals surface area contributed by atoms with E-state index in [2.05, 4.69) is 9.71 Å². The number of carbonyl (C=O) groups excluding carboxylic acids is 1. The standard InChI is InChI=1S/C26H29F2N3O4S/c1-2-26(27,28)22-17-24(32)30-23-11-8-19(16-21(22)23)15-18-6-9-20(10-7-18)36(34,35)29-12-4-14-31-13-3-5-25(31)33/h6-11,16-17,29H,2-5,12-15H2,1H3,(H,30,32). The van der Waals surface area contributed by atoms with Crippen LogP contribution in [0, 0.1) is 0 Å². The highest BCUT2D eigenvalue weighted by Crippen LogP contribution is 2.35. The summed E-state index contributed by atoms with van der Waals surface area (Å²) in [5, 5.41) is 0.290. The molecule has 2 aromatic carbocycles. The third kappa shape index (κ3) is 5.82. The molecule has 2 heterocycles. The summed E-state index contributed by atoms with van der Waals surface area (Å²) in [6, 6.07) is 12.4. The van der Waals surface area contributed by atoms with E-state index < -0.39 is 27.9 Å². The van der Waals surface area contributed by atoms with Gasteiger partial charge in [0.15, 0.2) is 0 Å². The minimum absolute atomic E-state index is 0.114. The van der Waals surface area contributed by atoms with Gasteiger partial charge in [-0.2, -0.15) is 0 Å². The summed E-state index contributed by atoms with van der Waals surface area (Å²) in [5.74, 6) is -3.01. The number of alkyl halides is 2. The van der Waals surface area contributed by atoms with Crippen molar-refractivity contribution < 1.29 is 22.0 Å². The van der Waals surface area contributed by atoms with E-state index in [1.807, 2.05) is 0 Å². The maximum Gasteiger partial charge on any atom is 0.273 e. The normalized spacial score (nSPS) is 14.6. The molecular formula is C26H29F2N3O4S. The lowest BCUT2D eigenvalue weighted by atomic mass is 9.97. The van der Waals surface area contributed by atoms with Crippen molar-refractivity contribution in [3.63, 3.8) is 0 Å². The van der Waals surface area contributed by atoms with Crippen LogP contribution in [-0.2, 0) is 27.2 Å². The van der Waals surface area contributed by atoms with Gasteiger partial charge in [-0.15, -0.1) is 0 Å². The van der Waals surface area contributed by atoms with Gasteiger partial charge >= 0.3 is 0 Å². The summed E-state index contributed by atoms with van der Waals surface area (Å²) in [6.07, 6.45) is 1.93. The first-order chi connectivity index (χ1) is 17.1. The van der Waals surface area contributed by atoms with Gasteiger partial charge in [-0.3, -0.25) is 9.59 Å². The quantitative estimate of drug-likeness (QED) is 0.399. The van der Waals surface area contributed by atoms with Crippen LogP contribution < -0.4 is 10.3 Å². The summed E-state index contributed by atoms with van der Waals surface area (Å²) in [7, 11) is -3.69. The first-order valence-electron chi connectivity index (χ1n) is 12.0. The number of likely N-dealkylation sites (tertiary alicyclic amines) is 1. The summed E-state index contributed by atoms with van der Waals surface area (Å²) in [5.41, 5.74) is 1.04. The van der Waals surface area contributed by atoms with Crippen LogP contribution >= 0.6 is 0 Å². The topological polar surface area (TPSA) is 99.3 Å². The number of hydrogen-bond donors (Lipinski definition) is 2. The van der Waals surface area contributed by atoms with Crippen molar-refractivity contribution in [2.24, 2.45) is 0 Å². The Balaban J connectivity index is 1.44. The number of carbonyl (C=O) groups is 1. The number of H-pyrrole nitrogens is 1. The van der Waals surface area contributed by atoms with Gasteiger partial charge in [0.2, 0.25) is 21.5 Å². The molecule has 36 heavy (non-hydrogen) atoms. The Morgan fingerprint density at radius 1 is 1.06 bits per heavy atom. The molecule has 0 spiro atoms. The van der Waals surface area contributed by atoms with Crippen LogP contribution in [0.5, 0.6) is 0 Å². The summed E-state index contributed by atoms with van der Waals surface area (Å²) >= 11 is 0. The van der Waals surface area contributed by atoms with Crippen LogP contribution in [0.4, 0.5) is 8.78 Å². The fraction of sp³-hybridized carbons (Fsp3) is 0.385. The van der Waals surface area contributed by atoms with Crippen molar-refractivity contribution in [1.82, 2.24) is 14.6 Å². The SMILES string of the molecule is CCC(F)(F)c1cc(=O)[nH]c2ccc(Cc3ccc(S(=O)(=O)NCCCN4CCCC4=O)cc3)cc12. The number of benzene rings is 2. The largest absolute Gasteiger partial charge is 0.343 e. The number of fused-ring (bicyclic) bond motifs is 1. The summed E-state index contributed by atoms with van der Waals surface area (Å²) in [4.78, 5) is 28.0. The minimum Gasteiger partial charge on any atom is -0.343 e. The molecule has 0 unspecified atom stereocenters. The Morgan fingerprint density at radius 3 is 2.44 bits per heavy atom. The lowest BCUT2D eigenvalue weighted by molar-refractivity contribution is -0.127. The van der Waals surface area contributed by atoms with Crippen LogP contribution in [0.2, 0.25) is 0 Å². The van der Waals surface area contributed by atoms with Gasteiger partial charge in [0.25, 0.3) is 5.92 Å². The van der Waals surface area contributed by atoms with Gasteiger partial charge in [0.05, 0.1) is 4.90 Å². The van der Waals surface area contributed by atoms with Gasteiger partial charge in [0, 0.05) is 55.0 Å². The van der Waals surface area contributed by atoms with Crippen molar-refractivity contribution in [1.29, 1.82) is 0 Å². The molecule has 0 bridgehead atoms. The Labute approximate surface area is 208 Å². The van der Waals surface area contributed by atoms with E-state index in [1.54, 1.807) is 35.2 Å². The van der Waals surface area contributed by atoms with E-state index in [0.29, 0.717) is 31.3 Å². The van der Waals surface area contributed by atoms with Gasteiger partial charge < -0.3 is 9.88 Å². The first-order valence-corrected chi connectivity index (χ1v) is 13.5. The molecule has 1 fully saturated rings. The molecule has 10 heteroatoms. The van der Waals surface area contributed by atoms with Crippen LogP contribution in [0.25, 0.3) is 10.9 Å². The van der Waals surface area contributed by atoms with Gasteiger partial charge in [-0.1, -0.05) is 25.1 Å². The smallest absolute Gasteiger partial charge is 0.273 e. The molecule has 0 radical (unpaired) electrons. The number of aromatic amines is 1. The molecule has 192 valence electrons. The molecule has 1 aromatic heterocycles.